The topological polar surface area (TPSA) is 75.1 Å². The predicted octanol–water partition coefficient (Wildman–Crippen LogP) is 1.55. The van der Waals surface area contributed by atoms with Crippen LogP contribution in [0.25, 0.3) is 10.9 Å². The second kappa shape index (κ2) is 6.26. The summed E-state index contributed by atoms with van der Waals surface area (Å²) in [6, 6.07) is 6.10. The zero-order valence-corrected chi connectivity index (χ0v) is 12.4. The second-order valence-electron chi connectivity index (χ2n) is 5.68. The highest BCUT2D eigenvalue weighted by molar-refractivity contribution is 5.88. The molecule has 2 aromatic rings. The minimum Gasteiger partial charge on any atom is -0.490 e. The van der Waals surface area contributed by atoms with Gasteiger partial charge in [0.05, 0.1) is 5.52 Å². The summed E-state index contributed by atoms with van der Waals surface area (Å²) in [5, 5.41) is 1.18. The number of fused-ring (bicyclic) bond motifs is 1. The molecule has 1 aromatic heterocycles. The van der Waals surface area contributed by atoms with Crippen molar-refractivity contribution in [2.24, 2.45) is 5.73 Å². The van der Waals surface area contributed by atoms with Gasteiger partial charge in [0.2, 0.25) is 0 Å². The Morgan fingerprint density at radius 2 is 2.15 bits per heavy atom. The number of ether oxygens (including phenoxy) is 1. The Balaban J connectivity index is 2.17. The number of hydrogen-bond donors (Lipinski definition) is 4. The molecule has 0 unspecified atom stereocenters. The molecule has 5 nitrogen and oxygen atoms in total. The summed E-state index contributed by atoms with van der Waals surface area (Å²) in [6.45, 7) is 5.43. The lowest BCUT2D eigenvalue weighted by Gasteiger charge is -2.17. The van der Waals surface area contributed by atoms with Gasteiger partial charge < -0.3 is 15.5 Å². The average Bonchev–Trinajstić information content (AvgIpc) is 2.77. The Bertz CT molecular complexity index is 556. The van der Waals surface area contributed by atoms with Crippen LogP contribution in [0.15, 0.2) is 24.4 Å². The van der Waals surface area contributed by atoms with Crippen molar-refractivity contribution in [3.63, 3.8) is 0 Å². The normalized spacial score (nSPS) is 12.0. The number of rotatable bonds is 7. The minimum absolute atomic E-state index is 0.220. The number of nitrogens with one attached hydrogen (secondary N) is 3. The number of aromatic nitrogens is 1. The van der Waals surface area contributed by atoms with E-state index < -0.39 is 0 Å². The fraction of sp³-hybridized carbons (Fsp3) is 0.467. The maximum atomic E-state index is 6.11. The van der Waals surface area contributed by atoms with Crippen LogP contribution in [0, 0.1) is 0 Å². The van der Waals surface area contributed by atoms with Crippen molar-refractivity contribution in [2.45, 2.75) is 25.8 Å². The van der Waals surface area contributed by atoms with Gasteiger partial charge in [-0.15, -0.1) is 0 Å². The van der Waals surface area contributed by atoms with E-state index in [-0.39, 0.29) is 5.54 Å². The summed E-state index contributed by atoms with van der Waals surface area (Å²) in [6.07, 6.45) is 2.86. The molecule has 20 heavy (non-hydrogen) atoms. The maximum absolute atomic E-state index is 6.11. The predicted molar refractivity (Wildman–Crippen MR) is 82.8 cm³/mol. The number of nitrogens with two attached hydrogens (primary N) is 1. The number of hydrazine groups is 1. The van der Waals surface area contributed by atoms with Crippen LogP contribution in [0.2, 0.25) is 0 Å². The molecule has 0 aliphatic carbocycles. The molecule has 2 rings (SSSR count). The molecule has 110 valence electrons. The van der Waals surface area contributed by atoms with Gasteiger partial charge in [-0.1, -0.05) is 12.1 Å². The summed E-state index contributed by atoms with van der Waals surface area (Å²) in [5.41, 5.74) is 14.0. The van der Waals surface area contributed by atoms with Gasteiger partial charge in [0.15, 0.2) is 0 Å². The van der Waals surface area contributed by atoms with Crippen LogP contribution >= 0.6 is 0 Å². The molecule has 0 fully saturated rings. The summed E-state index contributed by atoms with van der Waals surface area (Å²) in [4.78, 5) is 3.30. The van der Waals surface area contributed by atoms with Gasteiger partial charge in [-0.05, 0) is 38.9 Å². The molecule has 5 N–H and O–H groups in total. The fourth-order valence-corrected chi connectivity index (χ4v) is 2.28. The number of aromatic amines is 1. The standard InChI is InChI=1S/C15H24N4O/c1-15(2,16)9-11-10-18-14-12(11)5-4-6-13(14)20-8-7-19-17-3/h4-6,10,17-19H,7-9,16H2,1-3H3. The lowest BCUT2D eigenvalue weighted by atomic mass is 9.96. The molecule has 0 atom stereocenters. The van der Waals surface area contributed by atoms with Crippen molar-refractivity contribution < 1.29 is 4.74 Å². The van der Waals surface area contributed by atoms with E-state index in [9.17, 15) is 0 Å². The molecule has 0 aliphatic rings. The van der Waals surface area contributed by atoms with Crippen LogP contribution < -0.4 is 21.3 Å². The summed E-state index contributed by atoms with van der Waals surface area (Å²) in [7, 11) is 1.84. The van der Waals surface area contributed by atoms with Crippen molar-refractivity contribution >= 4 is 10.9 Å². The van der Waals surface area contributed by atoms with Crippen LogP contribution in [-0.4, -0.2) is 30.7 Å². The molecule has 0 spiro atoms. The summed E-state index contributed by atoms with van der Waals surface area (Å²) < 4.78 is 5.80. The van der Waals surface area contributed by atoms with Crippen molar-refractivity contribution in [2.75, 3.05) is 20.2 Å². The lowest BCUT2D eigenvalue weighted by molar-refractivity contribution is 0.310. The van der Waals surface area contributed by atoms with Gasteiger partial charge in [0.25, 0.3) is 0 Å². The van der Waals surface area contributed by atoms with E-state index in [1.165, 1.54) is 10.9 Å². The number of hydrogen-bond acceptors (Lipinski definition) is 4. The van der Waals surface area contributed by atoms with Crippen LogP contribution in [-0.2, 0) is 6.42 Å². The van der Waals surface area contributed by atoms with Crippen molar-refractivity contribution in [1.82, 2.24) is 15.8 Å². The first-order chi connectivity index (χ1) is 9.51. The molecular formula is C15H24N4O. The smallest absolute Gasteiger partial charge is 0.143 e. The van der Waals surface area contributed by atoms with Crippen LogP contribution in [0.1, 0.15) is 19.4 Å². The van der Waals surface area contributed by atoms with Gasteiger partial charge >= 0.3 is 0 Å². The molecule has 0 aliphatic heterocycles. The average molecular weight is 276 g/mol. The Hall–Kier alpha value is -1.56. The lowest BCUT2D eigenvalue weighted by Crippen LogP contribution is -2.34. The van der Waals surface area contributed by atoms with Crippen LogP contribution in [0.4, 0.5) is 0 Å². The van der Waals surface area contributed by atoms with E-state index in [4.69, 9.17) is 10.5 Å². The van der Waals surface area contributed by atoms with E-state index in [0.717, 1.165) is 24.2 Å². The van der Waals surface area contributed by atoms with Crippen molar-refractivity contribution in [3.8, 4) is 5.75 Å². The summed E-state index contributed by atoms with van der Waals surface area (Å²) in [5.74, 6) is 0.876. The first-order valence-electron chi connectivity index (χ1n) is 6.91. The molecule has 0 bridgehead atoms. The molecule has 0 saturated heterocycles. The third kappa shape index (κ3) is 3.72. The van der Waals surface area contributed by atoms with Crippen LogP contribution in [0.5, 0.6) is 5.75 Å². The number of benzene rings is 1. The van der Waals surface area contributed by atoms with Gasteiger partial charge in [0.1, 0.15) is 12.4 Å². The Morgan fingerprint density at radius 3 is 2.85 bits per heavy atom. The third-order valence-corrected chi connectivity index (χ3v) is 3.07. The van der Waals surface area contributed by atoms with E-state index in [1.807, 2.05) is 39.2 Å². The van der Waals surface area contributed by atoms with E-state index in [2.05, 4.69) is 21.9 Å². The first kappa shape index (κ1) is 14.8. The number of para-hydroxylation sites is 1. The molecule has 0 amide bonds. The molecule has 1 heterocycles. The highest BCUT2D eigenvalue weighted by Gasteiger charge is 2.16. The highest BCUT2D eigenvalue weighted by atomic mass is 16.5. The Labute approximate surface area is 119 Å². The number of H-pyrrole nitrogens is 1. The van der Waals surface area contributed by atoms with E-state index in [0.29, 0.717) is 6.61 Å². The second-order valence-corrected chi connectivity index (χ2v) is 5.68. The Morgan fingerprint density at radius 1 is 1.35 bits per heavy atom. The SMILES string of the molecule is CNNCCOc1cccc2c(CC(C)(C)N)c[nH]c12. The largest absolute Gasteiger partial charge is 0.490 e. The third-order valence-electron chi connectivity index (χ3n) is 3.07. The maximum Gasteiger partial charge on any atom is 0.143 e. The summed E-state index contributed by atoms with van der Waals surface area (Å²) >= 11 is 0. The zero-order valence-electron chi connectivity index (χ0n) is 12.4. The quantitative estimate of drug-likeness (QED) is 0.457. The molecule has 0 radical (unpaired) electrons. The van der Waals surface area contributed by atoms with E-state index in [1.54, 1.807) is 0 Å². The molecule has 0 saturated carbocycles. The van der Waals surface area contributed by atoms with Gasteiger partial charge in [-0.2, -0.15) is 0 Å². The fourth-order valence-electron chi connectivity index (χ4n) is 2.28. The van der Waals surface area contributed by atoms with E-state index >= 15 is 0 Å². The molecule has 1 aromatic carbocycles. The van der Waals surface area contributed by atoms with Crippen molar-refractivity contribution in [3.05, 3.63) is 30.0 Å². The first-order valence-corrected chi connectivity index (χ1v) is 6.91. The Kier molecular flexibility index (Phi) is 4.65. The van der Waals surface area contributed by atoms with Gasteiger partial charge in [-0.25, -0.2) is 0 Å². The molecular weight excluding hydrogens is 252 g/mol. The van der Waals surface area contributed by atoms with Gasteiger partial charge in [0, 0.05) is 23.7 Å². The van der Waals surface area contributed by atoms with Gasteiger partial charge in [-0.3, -0.25) is 10.9 Å². The monoisotopic (exact) mass is 276 g/mol. The molecule has 5 heteroatoms. The van der Waals surface area contributed by atoms with Crippen LogP contribution in [0.3, 0.4) is 0 Å². The van der Waals surface area contributed by atoms with Crippen molar-refractivity contribution in [1.29, 1.82) is 0 Å². The minimum atomic E-state index is -0.220. The highest BCUT2D eigenvalue weighted by Crippen LogP contribution is 2.28. The zero-order chi connectivity index (χ0) is 14.6.